The first-order chi connectivity index (χ1) is 16.2. The minimum absolute atomic E-state index is 0.0377. The molecule has 1 fully saturated rings. The predicted molar refractivity (Wildman–Crippen MR) is 123 cm³/mol. The summed E-state index contributed by atoms with van der Waals surface area (Å²) >= 11 is 0. The van der Waals surface area contributed by atoms with E-state index in [0.29, 0.717) is 18.7 Å². The molecule has 0 spiro atoms. The lowest BCUT2D eigenvalue weighted by atomic mass is 10.1. The Balaban J connectivity index is 1.62. The maximum absolute atomic E-state index is 15.2. The van der Waals surface area contributed by atoms with Crippen LogP contribution in [-0.2, 0) is 4.74 Å². The maximum Gasteiger partial charge on any atom is 0.410 e. The van der Waals surface area contributed by atoms with Gasteiger partial charge in [0.15, 0.2) is 11.6 Å². The summed E-state index contributed by atoms with van der Waals surface area (Å²) in [4.78, 5) is 22.8. The van der Waals surface area contributed by atoms with Crippen molar-refractivity contribution in [1.82, 2.24) is 24.5 Å². The van der Waals surface area contributed by atoms with Crippen molar-refractivity contribution in [2.45, 2.75) is 45.3 Å². The van der Waals surface area contributed by atoms with Crippen molar-refractivity contribution >= 4 is 17.4 Å². The van der Waals surface area contributed by atoms with Crippen molar-refractivity contribution in [3.63, 3.8) is 0 Å². The van der Waals surface area contributed by atoms with Gasteiger partial charge in [0.25, 0.3) is 5.88 Å². The summed E-state index contributed by atoms with van der Waals surface area (Å²) in [6, 6.07) is 5.32. The van der Waals surface area contributed by atoms with Crippen LogP contribution in [0.25, 0.3) is 16.9 Å². The van der Waals surface area contributed by atoms with Gasteiger partial charge in [-0.25, -0.2) is 14.3 Å². The molecule has 1 atom stereocenters. The number of amides is 1. The van der Waals surface area contributed by atoms with Crippen molar-refractivity contribution in [3.05, 3.63) is 36.4 Å². The summed E-state index contributed by atoms with van der Waals surface area (Å²) in [7, 11) is 0. The Bertz CT molecular complexity index is 1160. The molecule has 3 aromatic rings. The van der Waals surface area contributed by atoms with Crippen LogP contribution < -0.4 is 10.1 Å². The Labute approximate surface area is 196 Å². The largest absolute Gasteiger partial charge is 0.473 e. The van der Waals surface area contributed by atoms with E-state index in [2.05, 4.69) is 20.4 Å². The fraction of sp³-hybridized carbons (Fsp3) is 0.478. The summed E-state index contributed by atoms with van der Waals surface area (Å²) in [5.41, 5.74) is 0.761. The number of aliphatic hydroxyl groups is 1. The van der Waals surface area contributed by atoms with Crippen molar-refractivity contribution < 1.29 is 23.8 Å². The maximum atomic E-state index is 15.2. The lowest BCUT2D eigenvalue weighted by Gasteiger charge is -2.34. The lowest BCUT2D eigenvalue weighted by Crippen LogP contribution is -2.47. The molecule has 1 saturated heterocycles. The van der Waals surface area contributed by atoms with E-state index in [4.69, 9.17) is 14.6 Å². The average Bonchev–Trinajstić information content (AvgIpc) is 3.23. The van der Waals surface area contributed by atoms with Gasteiger partial charge in [-0.3, -0.25) is 0 Å². The number of ether oxygens (including phenoxy) is 2. The second-order valence-corrected chi connectivity index (χ2v) is 9.09. The predicted octanol–water partition coefficient (Wildman–Crippen LogP) is 3.11. The number of halogens is 1. The number of rotatable bonds is 6. The van der Waals surface area contributed by atoms with Crippen LogP contribution in [0.15, 0.2) is 30.6 Å². The zero-order valence-electron chi connectivity index (χ0n) is 19.5. The third-order valence-corrected chi connectivity index (χ3v) is 5.23. The molecule has 11 heteroatoms. The number of nitrogens with one attached hydrogen (secondary N) is 1. The molecule has 0 saturated carbocycles. The van der Waals surface area contributed by atoms with Crippen LogP contribution in [0.4, 0.5) is 15.0 Å². The molecule has 34 heavy (non-hydrogen) atoms. The number of nitrogens with zero attached hydrogens (tertiary/aromatic N) is 5. The Morgan fingerprint density at radius 3 is 2.91 bits per heavy atom. The van der Waals surface area contributed by atoms with Crippen molar-refractivity contribution in [3.8, 4) is 17.3 Å². The van der Waals surface area contributed by atoms with Gasteiger partial charge >= 0.3 is 6.09 Å². The standard InChI is InChI=1S/C23H29FN6O4/c1-23(2,3)34-22(32)29-9-6-7-15(14-29)26-20-18(24)21(33-12-11-31)28-19(27-20)16-13-25-30-10-5-4-8-17(16)30/h4-5,8,10,13,15,31H,6-7,9,11-12,14H2,1-3H3,(H,26,27,28)/t15-/m1/s1. The third kappa shape index (κ3) is 5.36. The number of carbonyl (C=O) groups excluding carboxylic acids is 1. The van der Waals surface area contributed by atoms with Crippen molar-refractivity contribution in [2.24, 2.45) is 0 Å². The van der Waals surface area contributed by atoms with Gasteiger partial charge in [-0.2, -0.15) is 14.5 Å². The molecule has 4 rings (SSSR count). The van der Waals surface area contributed by atoms with E-state index in [1.54, 1.807) is 21.8 Å². The van der Waals surface area contributed by atoms with E-state index < -0.39 is 17.5 Å². The highest BCUT2D eigenvalue weighted by Gasteiger charge is 2.29. The molecule has 0 bridgehead atoms. The van der Waals surface area contributed by atoms with Crippen LogP contribution in [0.3, 0.4) is 0 Å². The fourth-order valence-corrected chi connectivity index (χ4v) is 3.77. The van der Waals surface area contributed by atoms with Gasteiger partial charge in [-0.1, -0.05) is 6.07 Å². The van der Waals surface area contributed by atoms with Gasteiger partial charge < -0.3 is 24.8 Å². The number of hydrogen-bond donors (Lipinski definition) is 2. The number of carbonyl (C=O) groups is 1. The Hall–Kier alpha value is -3.47. The van der Waals surface area contributed by atoms with Gasteiger partial charge in [0.05, 0.1) is 23.9 Å². The van der Waals surface area contributed by atoms with E-state index >= 15 is 4.39 Å². The van der Waals surface area contributed by atoms with Crippen LogP contribution >= 0.6 is 0 Å². The van der Waals surface area contributed by atoms with Gasteiger partial charge in [-0.15, -0.1) is 0 Å². The minimum atomic E-state index is -0.761. The molecule has 0 unspecified atom stereocenters. The number of aromatic nitrogens is 4. The highest BCUT2D eigenvalue weighted by molar-refractivity contribution is 5.76. The Kier molecular flexibility index (Phi) is 6.82. The third-order valence-electron chi connectivity index (χ3n) is 5.23. The molecular formula is C23H29FN6O4. The summed E-state index contributed by atoms with van der Waals surface area (Å²) in [5.74, 6) is -0.832. The highest BCUT2D eigenvalue weighted by atomic mass is 19.1. The van der Waals surface area contributed by atoms with Gasteiger partial charge in [0.2, 0.25) is 5.82 Å². The number of likely N-dealkylation sites (tertiary alicyclic amines) is 1. The quantitative estimate of drug-likeness (QED) is 0.563. The van der Waals surface area contributed by atoms with Gasteiger partial charge in [0, 0.05) is 25.3 Å². The molecule has 182 valence electrons. The smallest absolute Gasteiger partial charge is 0.410 e. The molecule has 0 radical (unpaired) electrons. The minimum Gasteiger partial charge on any atom is -0.473 e. The Morgan fingerprint density at radius 2 is 2.15 bits per heavy atom. The van der Waals surface area contributed by atoms with Gasteiger partial charge in [0.1, 0.15) is 12.2 Å². The van der Waals surface area contributed by atoms with Crippen LogP contribution in [0.1, 0.15) is 33.6 Å². The number of pyridine rings is 1. The number of hydrogen-bond acceptors (Lipinski definition) is 8. The molecule has 3 aromatic heterocycles. The molecule has 2 N–H and O–H groups in total. The molecule has 0 aliphatic carbocycles. The topological polar surface area (TPSA) is 114 Å². The first-order valence-electron chi connectivity index (χ1n) is 11.2. The summed E-state index contributed by atoms with van der Waals surface area (Å²) in [6.45, 7) is 5.96. The number of aliphatic hydroxyl groups excluding tert-OH is 1. The van der Waals surface area contributed by atoms with Crippen molar-refractivity contribution in [2.75, 3.05) is 31.6 Å². The normalized spacial score (nSPS) is 16.5. The summed E-state index contributed by atoms with van der Waals surface area (Å²) in [6.07, 6.45) is 4.45. The number of anilines is 1. The molecular weight excluding hydrogens is 443 g/mol. The van der Waals surface area contributed by atoms with Crippen molar-refractivity contribution in [1.29, 1.82) is 0 Å². The number of fused-ring (bicyclic) bond motifs is 1. The van der Waals surface area contributed by atoms with Gasteiger partial charge in [-0.05, 0) is 45.7 Å². The lowest BCUT2D eigenvalue weighted by molar-refractivity contribution is 0.0206. The van der Waals surface area contributed by atoms with E-state index in [0.717, 1.165) is 18.4 Å². The first-order valence-corrected chi connectivity index (χ1v) is 11.2. The van der Waals surface area contributed by atoms with E-state index in [9.17, 15) is 4.79 Å². The van der Waals surface area contributed by atoms with Crippen LogP contribution in [0, 0.1) is 5.82 Å². The summed E-state index contributed by atoms with van der Waals surface area (Å²) < 4.78 is 27.7. The first kappa shape index (κ1) is 23.7. The van der Waals surface area contributed by atoms with Crippen LogP contribution in [0.5, 0.6) is 5.88 Å². The van der Waals surface area contributed by atoms with Crippen LogP contribution in [-0.4, -0.2) is 73.6 Å². The van der Waals surface area contributed by atoms with Crippen LogP contribution in [0.2, 0.25) is 0 Å². The zero-order valence-corrected chi connectivity index (χ0v) is 19.5. The van der Waals surface area contributed by atoms with E-state index in [1.165, 1.54) is 0 Å². The highest BCUT2D eigenvalue weighted by Crippen LogP contribution is 2.29. The molecule has 1 aliphatic heterocycles. The van der Waals surface area contributed by atoms with E-state index in [1.807, 2.05) is 39.0 Å². The molecule has 0 aromatic carbocycles. The monoisotopic (exact) mass is 472 g/mol. The molecule has 1 aliphatic rings. The molecule has 1 amide bonds. The van der Waals surface area contributed by atoms with E-state index in [-0.39, 0.29) is 36.8 Å². The molecule has 4 heterocycles. The fourth-order valence-electron chi connectivity index (χ4n) is 3.77. The number of piperidine rings is 1. The SMILES string of the molecule is CC(C)(C)OC(=O)N1CCC[C@@H](Nc2nc(-c3cnn4ccccc34)nc(OCCO)c2F)C1. The zero-order chi connectivity index (χ0) is 24.3. The Morgan fingerprint density at radius 1 is 1.32 bits per heavy atom. The average molecular weight is 473 g/mol. The second kappa shape index (κ2) is 9.80. The molecule has 10 nitrogen and oxygen atoms in total. The second-order valence-electron chi connectivity index (χ2n) is 9.09. The summed E-state index contributed by atoms with van der Waals surface area (Å²) in [5, 5.41) is 16.6.